The molecule has 2 aromatic rings. The third-order valence-electron chi connectivity index (χ3n) is 5.16. The molecule has 0 radical (unpaired) electrons. The van der Waals surface area contributed by atoms with Gasteiger partial charge in [0.15, 0.2) is 0 Å². The van der Waals surface area contributed by atoms with Gasteiger partial charge in [0.05, 0.1) is 11.4 Å². The van der Waals surface area contributed by atoms with Crippen LogP contribution < -0.4 is 14.9 Å². The lowest BCUT2D eigenvalue weighted by Gasteiger charge is -2.22. The van der Waals surface area contributed by atoms with Crippen molar-refractivity contribution in [3.8, 4) is 0 Å². The molecule has 1 aliphatic rings. The van der Waals surface area contributed by atoms with Crippen LogP contribution in [0.4, 0.5) is 5.69 Å². The lowest BCUT2D eigenvalue weighted by molar-refractivity contribution is -0.123. The van der Waals surface area contributed by atoms with Crippen LogP contribution in [0.1, 0.15) is 38.1 Å². The summed E-state index contributed by atoms with van der Waals surface area (Å²) in [6.45, 7) is 7.39. The number of amides is 2. The van der Waals surface area contributed by atoms with Crippen molar-refractivity contribution in [2.45, 2.75) is 57.6 Å². The number of nitrogens with one attached hydrogen (secondary N) is 2. The fraction of sp³-hybridized carbons (Fsp3) is 0.429. The summed E-state index contributed by atoms with van der Waals surface area (Å²) >= 11 is 1.53. The molecule has 0 saturated heterocycles. The topological polar surface area (TPSA) is 95.6 Å². The molecule has 1 aliphatic heterocycles. The molecule has 0 saturated carbocycles. The van der Waals surface area contributed by atoms with Crippen LogP contribution in [0.25, 0.3) is 0 Å². The lowest BCUT2D eigenvalue weighted by atomic mass is 10.1. The van der Waals surface area contributed by atoms with E-state index in [-0.39, 0.29) is 28.7 Å². The Hall–Kier alpha value is -2.23. The number of thiophene rings is 1. The molecule has 30 heavy (non-hydrogen) atoms. The Morgan fingerprint density at radius 1 is 1.27 bits per heavy atom. The van der Waals surface area contributed by atoms with Gasteiger partial charge in [-0.25, -0.2) is 8.42 Å². The summed E-state index contributed by atoms with van der Waals surface area (Å²) in [5.74, 6) is -0.664. The lowest BCUT2D eigenvalue weighted by Crippen LogP contribution is -2.49. The van der Waals surface area contributed by atoms with Crippen molar-refractivity contribution in [2.24, 2.45) is 5.92 Å². The molecule has 7 nitrogen and oxygen atoms in total. The third kappa shape index (κ3) is 4.74. The van der Waals surface area contributed by atoms with E-state index in [0.717, 1.165) is 16.1 Å². The summed E-state index contributed by atoms with van der Waals surface area (Å²) in [6, 6.07) is 7.64. The number of carbonyl (C=O) groups is 2. The first kappa shape index (κ1) is 22.5. The highest BCUT2D eigenvalue weighted by Crippen LogP contribution is 2.34. The molecule has 2 N–H and O–H groups in total. The molecule has 0 aliphatic carbocycles. The van der Waals surface area contributed by atoms with Crippen LogP contribution in [-0.4, -0.2) is 32.3 Å². The molecule has 2 atom stereocenters. The van der Waals surface area contributed by atoms with E-state index < -0.39 is 16.1 Å². The Morgan fingerprint density at radius 2 is 2.00 bits per heavy atom. The summed E-state index contributed by atoms with van der Waals surface area (Å²) < 4.78 is 28.6. The first-order chi connectivity index (χ1) is 14.1. The number of sulfonamides is 1. The van der Waals surface area contributed by atoms with Crippen LogP contribution >= 0.6 is 11.3 Å². The quantitative estimate of drug-likeness (QED) is 0.679. The number of rotatable bonds is 7. The van der Waals surface area contributed by atoms with Gasteiger partial charge in [0.2, 0.25) is 21.8 Å². The normalized spacial score (nSPS) is 17.1. The minimum atomic E-state index is -3.91. The summed E-state index contributed by atoms with van der Waals surface area (Å²) in [5.41, 5.74) is 1.55. The van der Waals surface area contributed by atoms with Crippen molar-refractivity contribution in [3.63, 3.8) is 0 Å². The van der Waals surface area contributed by atoms with Crippen LogP contribution in [0.3, 0.4) is 0 Å². The zero-order valence-corrected chi connectivity index (χ0v) is 19.1. The molecule has 9 heteroatoms. The number of nitrogens with zero attached hydrogens (tertiary/aromatic N) is 1. The molecular formula is C21H27N3O4S2. The van der Waals surface area contributed by atoms with Gasteiger partial charge in [-0.1, -0.05) is 19.9 Å². The zero-order valence-electron chi connectivity index (χ0n) is 17.5. The Kier molecular flexibility index (Phi) is 6.64. The van der Waals surface area contributed by atoms with Gasteiger partial charge in [-0.3, -0.25) is 9.59 Å². The zero-order chi connectivity index (χ0) is 22.1. The summed E-state index contributed by atoms with van der Waals surface area (Å²) in [5, 5.41) is 4.73. The van der Waals surface area contributed by atoms with E-state index in [0.29, 0.717) is 13.0 Å². The second kappa shape index (κ2) is 8.87. The summed E-state index contributed by atoms with van der Waals surface area (Å²) in [4.78, 5) is 27.3. The maximum absolute atomic E-state index is 13.0. The SMILES string of the molecule is CC(=O)N1c2ccc(S(=O)(=O)N[C@@H](C(=O)NCc3cccs3)C(C)C)cc2C[C@H]1C. The largest absolute Gasteiger partial charge is 0.350 e. The van der Waals surface area contributed by atoms with Crippen molar-refractivity contribution < 1.29 is 18.0 Å². The van der Waals surface area contributed by atoms with Crippen LogP contribution in [0, 0.1) is 5.92 Å². The van der Waals surface area contributed by atoms with E-state index in [1.807, 2.05) is 24.4 Å². The number of fused-ring (bicyclic) bond motifs is 1. The predicted molar refractivity (Wildman–Crippen MR) is 118 cm³/mol. The van der Waals surface area contributed by atoms with E-state index in [1.165, 1.54) is 24.3 Å². The molecule has 0 fully saturated rings. The number of carbonyl (C=O) groups excluding carboxylic acids is 2. The van der Waals surface area contributed by atoms with Crippen molar-refractivity contribution in [2.75, 3.05) is 4.90 Å². The highest BCUT2D eigenvalue weighted by atomic mass is 32.2. The number of anilines is 1. The molecule has 2 amide bonds. The van der Waals surface area contributed by atoms with E-state index in [4.69, 9.17) is 0 Å². The number of benzene rings is 1. The fourth-order valence-corrected chi connectivity index (χ4v) is 5.72. The van der Waals surface area contributed by atoms with Crippen molar-refractivity contribution >= 4 is 38.9 Å². The summed E-state index contributed by atoms with van der Waals surface area (Å²) in [6.07, 6.45) is 0.590. The second-order valence-electron chi connectivity index (χ2n) is 7.87. The van der Waals surface area contributed by atoms with Gasteiger partial charge in [-0.15, -0.1) is 11.3 Å². The number of hydrogen-bond acceptors (Lipinski definition) is 5. The molecule has 0 bridgehead atoms. The van der Waals surface area contributed by atoms with Gasteiger partial charge in [-0.2, -0.15) is 4.72 Å². The van der Waals surface area contributed by atoms with Crippen molar-refractivity contribution in [1.29, 1.82) is 0 Å². The van der Waals surface area contributed by atoms with Gasteiger partial charge < -0.3 is 10.2 Å². The third-order valence-corrected chi connectivity index (χ3v) is 7.48. The maximum Gasteiger partial charge on any atom is 0.241 e. The Labute approximate surface area is 181 Å². The van der Waals surface area contributed by atoms with E-state index >= 15 is 0 Å². The van der Waals surface area contributed by atoms with Gasteiger partial charge in [0.25, 0.3) is 0 Å². The van der Waals surface area contributed by atoms with Gasteiger partial charge in [0.1, 0.15) is 6.04 Å². The average Bonchev–Trinajstić information content (AvgIpc) is 3.29. The highest BCUT2D eigenvalue weighted by Gasteiger charge is 2.32. The predicted octanol–water partition coefficient (Wildman–Crippen LogP) is 2.66. The van der Waals surface area contributed by atoms with Crippen LogP contribution in [-0.2, 0) is 32.6 Å². The van der Waals surface area contributed by atoms with Gasteiger partial charge in [-0.05, 0) is 54.5 Å². The first-order valence-electron chi connectivity index (χ1n) is 9.85. The summed E-state index contributed by atoms with van der Waals surface area (Å²) in [7, 11) is -3.91. The molecular weight excluding hydrogens is 422 g/mol. The molecule has 0 spiro atoms. The van der Waals surface area contributed by atoms with Crippen molar-refractivity contribution in [1.82, 2.24) is 10.0 Å². The molecule has 162 valence electrons. The highest BCUT2D eigenvalue weighted by molar-refractivity contribution is 7.89. The standard InChI is InChI=1S/C21H27N3O4S2/c1-13(2)20(21(26)22-12-17-6-5-9-29-17)23-30(27,28)18-7-8-19-16(11-18)10-14(3)24(19)15(4)25/h5-9,11,13-14,20,23H,10,12H2,1-4H3,(H,22,26)/t14-,20-/m1/s1. The fourth-order valence-electron chi connectivity index (χ4n) is 3.68. The van der Waals surface area contributed by atoms with Crippen LogP contribution in [0.5, 0.6) is 0 Å². The first-order valence-corrected chi connectivity index (χ1v) is 12.2. The smallest absolute Gasteiger partial charge is 0.241 e. The molecule has 2 heterocycles. The van der Waals surface area contributed by atoms with Crippen molar-refractivity contribution in [3.05, 3.63) is 46.2 Å². The molecule has 0 unspecified atom stereocenters. The Balaban J connectivity index is 1.78. The van der Waals surface area contributed by atoms with Gasteiger partial charge >= 0.3 is 0 Å². The van der Waals surface area contributed by atoms with E-state index in [9.17, 15) is 18.0 Å². The Morgan fingerprint density at radius 3 is 2.60 bits per heavy atom. The van der Waals surface area contributed by atoms with Crippen LogP contribution in [0.2, 0.25) is 0 Å². The monoisotopic (exact) mass is 449 g/mol. The second-order valence-corrected chi connectivity index (χ2v) is 10.6. The van der Waals surface area contributed by atoms with Gasteiger partial charge in [0, 0.05) is 23.5 Å². The Bertz CT molecular complexity index is 1030. The van der Waals surface area contributed by atoms with Crippen LogP contribution in [0.15, 0.2) is 40.6 Å². The van der Waals surface area contributed by atoms with E-state index in [1.54, 1.807) is 30.9 Å². The number of hydrogen-bond donors (Lipinski definition) is 2. The maximum atomic E-state index is 13.0. The van der Waals surface area contributed by atoms with E-state index in [2.05, 4.69) is 10.0 Å². The average molecular weight is 450 g/mol. The minimum absolute atomic E-state index is 0.0187. The molecule has 1 aromatic heterocycles. The molecule has 1 aromatic carbocycles. The minimum Gasteiger partial charge on any atom is -0.350 e. The molecule has 3 rings (SSSR count).